The van der Waals surface area contributed by atoms with E-state index in [1.165, 1.54) is 11.3 Å². The summed E-state index contributed by atoms with van der Waals surface area (Å²) in [5.74, 6) is 0.642. The van der Waals surface area contributed by atoms with Gasteiger partial charge in [-0.3, -0.25) is 0 Å². The number of anilines is 3. The number of aromatic nitrogens is 5. The Hall–Kier alpha value is -3.22. The average molecular weight is 345 g/mol. The molecule has 1 aliphatic heterocycles. The minimum atomic E-state index is 0.108. The molecule has 1 aliphatic rings. The molecular weight excluding hydrogens is 326 g/mol. The lowest BCUT2D eigenvalue weighted by atomic mass is 9.89. The molecule has 0 aliphatic carbocycles. The lowest BCUT2D eigenvalue weighted by Crippen LogP contribution is -2.35. The summed E-state index contributed by atoms with van der Waals surface area (Å²) in [5, 5.41) is 19.1. The SMILES string of the molecule is CC1(C)CCc2ccc(Nc3nc4ccccc4n4nnnc34)cc2N1. The average Bonchev–Trinajstić information content (AvgIpc) is 3.11. The van der Waals surface area contributed by atoms with Crippen molar-refractivity contribution in [2.45, 2.75) is 32.2 Å². The van der Waals surface area contributed by atoms with E-state index < -0.39 is 0 Å². The van der Waals surface area contributed by atoms with Crippen molar-refractivity contribution in [3.8, 4) is 0 Å². The maximum atomic E-state index is 4.72. The first-order chi connectivity index (χ1) is 12.6. The zero-order chi connectivity index (χ0) is 17.7. The minimum Gasteiger partial charge on any atom is -0.380 e. The van der Waals surface area contributed by atoms with Crippen LogP contribution in [0.2, 0.25) is 0 Å². The molecule has 0 unspecified atom stereocenters. The van der Waals surface area contributed by atoms with E-state index in [0.29, 0.717) is 11.5 Å². The largest absolute Gasteiger partial charge is 0.380 e. The summed E-state index contributed by atoms with van der Waals surface area (Å²) >= 11 is 0. The fourth-order valence-electron chi connectivity index (χ4n) is 3.49. The second-order valence-corrected chi connectivity index (χ2v) is 7.37. The third-order valence-electron chi connectivity index (χ3n) is 4.89. The van der Waals surface area contributed by atoms with E-state index in [0.717, 1.165) is 29.6 Å². The van der Waals surface area contributed by atoms with Crippen LogP contribution < -0.4 is 10.6 Å². The zero-order valence-corrected chi connectivity index (χ0v) is 14.7. The Kier molecular flexibility index (Phi) is 3.12. The first-order valence-corrected chi connectivity index (χ1v) is 8.74. The van der Waals surface area contributed by atoms with E-state index in [1.54, 1.807) is 4.52 Å². The van der Waals surface area contributed by atoms with Gasteiger partial charge in [-0.15, -0.1) is 5.10 Å². The number of rotatable bonds is 2. The number of nitrogens with one attached hydrogen (secondary N) is 2. The molecule has 0 fully saturated rings. The van der Waals surface area contributed by atoms with Gasteiger partial charge in [-0.05, 0) is 66.9 Å². The van der Waals surface area contributed by atoms with E-state index in [1.807, 2.05) is 24.3 Å². The highest BCUT2D eigenvalue weighted by Crippen LogP contribution is 2.33. The van der Waals surface area contributed by atoms with E-state index in [-0.39, 0.29) is 5.54 Å². The summed E-state index contributed by atoms with van der Waals surface area (Å²) in [6.45, 7) is 4.46. The molecule has 7 nitrogen and oxygen atoms in total. The fourth-order valence-corrected chi connectivity index (χ4v) is 3.49. The summed E-state index contributed by atoms with van der Waals surface area (Å²) in [4.78, 5) is 4.72. The molecule has 26 heavy (non-hydrogen) atoms. The third-order valence-corrected chi connectivity index (χ3v) is 4.89. The summed E-state index contributed by atoms with van der Waals surface area (Å²) in [6, 6.07) is 14.2. The smallest absolute Gasteiger partial charge is 0.222 e. The Bertz CT molecular complexity index is 1130. The van der Waals surface area contributed by atoms with Crippen LogP contribution >= 0.6 is 0 Å². The maximum Gasteiger partial charge on any atom is 0.222 e. The van der Waals surface area contributed by atoms with Crippen molar-refractivity contribution in [3.05, 3.63) is 48.0 Å². The number of nitrogens with zero attached hydrogens (tertiary/aromatic N) is 5. The van der Waals surface area contributed by atoms with E-state index in [2.05, 4.69) is 58.2 Å². The third kappa shape index (κ3) is 2.44. The Morgan fingerprint density at radius 3 is 2.96 bits per heavy atom. The van der Waals surface area contributed by atoms with Crippen LogP contribution in [0.1, 0.15) is 25.8 Å². The van der Waals surface area contributed by atoms with Crippen LogP contribution in [-0.2, 0) is 6.42 Å². The van der Waals surface area contributed by atoms with Crippen molar-refractivity contribution in [2.75, 3.05) is 10.6 Å². The molecule has 0 saturated carbocycles. The first kappa shape index (κ1) is 15.1. The molecule has 2 aromatic heterocycles. The second-order valence-electron chi connectivity index (χ2n) is 7.37. The van der Waals surface area contributed by atoms with Gasteiger partial charge in [-0.1, -0.05) is 18.2 Å². The molecular formula is C19H19N7. The normalized spacial score (nSPS) is 15.6. The number of benzene rings is 2. The van der Waals surface area contributed by atoms with Gasteiger partial charge >= 0.3 is 0 Å². The molecule has 0 radical (unpaired) electrons. The first-order valence-electron chi connectivity index (χ1n) is 8.74. The molecule has 3 heterocycles. The molecule has 0 spiro atoms. The van der Waals surface area contributed by atoms with Gasteiger partial charge in [0.15, 0.2) is 5.82 Å². The lowest BCUT2D eigenvalue weighted by Gasteiger charge is -2.34. The van der Waals surface area contributed by atoms with Gasteiger partial charge in [-0.2, -0.15) is 4.52 Å². The van der Waals surface area contributed by atoms with Gasteiger partial charge in [0.05, 0.1) is 11.0 Å². The van der Waals surface area contributed by atoms with Crippen LogP contribution in [0.25, 0.3) is 16.7 Å². The monoisotopic (exact) mass is 345 g/mol. The van der Waals surface area contributed by atoms with E-state index in [4.69, 9.17) is 4.98 Å². The van der Waals surface area contributed by atoms with E-state index >= 15 is 0 Å². The lowest BCUT2D eigenvalue weighted by molar-refractivity contribution is 0.502. The number of tetrazole rings is 1. The van der Waals surface area contributed by atoms with Gasteiger partial charge in [0.25, 0.3) is 0 Å². The number of fused-ring (bicyclic) bond motifs is 4. The predicted octanol–water partition coefficient (Wildman–Crippen LogP) is 3.55. The number of hydrogen-bond acceptors (Lipinski definition) is 6. The number of hydrogen-bond donors (Lipinski definition) is 2. The Morgan fingerprint density at radius 2 is 2.04 bits per heavy atom. The predicted molar refractivity (Wildman–Crippen MR) is 102 cm³/mol. The Balaban J connectivity index is 1.58. The van der Waals surface area contributed by atoms with Gasteiger partial charge in [0.2, 0.25) is 5.65 Å². The summed E-state index contributed by atoms with van der Waals surface area (Å²) < 4.78 is 1.71. The van der Waals surface area contributed by atoms with Crippen molar-refractivity contribution in [2.24, 2.45) is 0 Å². The molecule has 2 aromatic carbocycles. The second kappa shape index (κ2) is 5.39. The zero-order valence-electron chi connectivity index (χ0n) is 14.7. The minimum absolute atomic E-state index is 0.108. The molecule has 130 valence electrons. The molecule has 7 heteroatoms. The van der Waals surface area contributed by atoms with Crippen LogP contribution in [0.5, 0.6) is 0 Å². The van der Waals surface area contributed by atoms with E-state index in [9.17, 15) is 0 Å². The molecule has 2 N–H and O–H groups in total. The van der Waals surface area contributed by atoms with Gasteiger partial charge in [-0.25, -0.2) is 4.98 Å². The molecule has 4 aromatic rings. The Morgan fingerprint density at radius 1 is 1.15 bits per heavy atom. The maximum absolute atomic E-state index is 4.72. The highest BCUT2D eigenvalue weighted by atomic mass is 15.5. The van der Waals surface area contributed by atoms with Gasteiger partial charge in [0.1, 0.15) is 0 Å². The van der Waals surface area contributed by atoms with Crippen molar-refractivity contribution in [1.29, 1.82) is 0 Å². The Labute approximate surface area is 150 Å². The molecule has 0 amide bonds. The molecule has 0 atom stereocenters. The summed E-state index contributed by atoms with van der Waals surface area (Å²) in [7, 11) is 0. The van der Waals surface area contributed by atoms with Crippen molar-refractivity contribution >= 4 is 33.9 Å². The highest BCUT2D eigenvalue weighted by molar-refractivity contribution is 5.83. The van der Waals surface area contributed by atoms with Crippen molar-refractivity contribution < 1.29 is 0 Å². The topological polar surface area (TPSA) is 80.0 Å². The number of para-hydroxylation sites is 2. The van der Waals surface area contributed by atoms with Crippen LogP contribution in [0.3, 0.4) is 0 Å². The summed E-state index contributed by atoms with van der Waals surface area (Å²) in [6.07, 6.45) is 2.22. The molecule has 0 bridgehead atoms. The van der Waals surface area contributed by atoms with Crippen LogP contribution in [0, 0.1) is 0 Å². The van der Waals surface area contributed by atoms with Crippen LogP contribution in [0.15, 0.2) is 42.5 Å². The summed E-state index contributed by atoms with van der Waals surface area (Å²) in [5.41, 5.74) is 5.91. The van der Waals surface area contributed by atoms with Crippen LogP contribution in [0.4, 0.5) is 17.2 Å². The van der Waals surface area contributed by atoms with Crippen molar-refractivity contribution in [1.82, 2.24) is 25.0 Å². The molecule has 5 rings (SSSR count). The standard InChI is InChI=1S/C19H19N7/c1-19(2)10-9-12-7-8-13(11-15(12)22-19)20-17-18-23-24-25-26(18)16-6-4-3-5-14(16)21-17/h3-8,11,22H,9-10H2,1-2H3,(H,20,21). The van der Waals surface area contributed by atoms with Gasteiger partial charge < -0.3 is 10.6 Å². The highest BCUT2D eigenvalue weighted by Gasteiger charge is 2.24. The number of aryl methyl sites for hydroxylation is 1. The van der Waals surface area contributed by atoms with Gasteiger partial charge in [0, 0.05) is 16.9 Å². The van der Waals surface area contributed by atoms with Crippen molar-refractivity contribution in [3.63, 3.8) is 0 Å². The fraction of sp³-hybridized carbons (Fsp3) is 0.263. The van der Waals surface area contributed by atoms with Crippen LogP contribution in [-0.4, -0.2) is 30.6 Å². The quantitative estimate of drug-likeness (QED) is 0.578. The molecule has 0 saturated heterocycles.